The van der Waals surface area contributed by atoms with Gasteiger partial charge >= 0.3 is 5.97 Å². The average Bonchev–Trinajstić information content (AvgIpc) is 2.90. The van der Waals surface area contributed by atoms with Gasteiger partial charge in [0.1, 0.15) is 11.2 Å². The molecule has 0 aliphatic heterocycles. The van der Waals surface area contributed by atoms with Crippen LogP contribution in [-0.4, -0.2) is 11.8 Å². The van der Waals surface area contributed by atoms with Crippen molar-refractivity contribution in [3.8, 4) is 5.75 Å². The summed E-state index contributed by atoms with van der Waals surface area (Å²) < 4.78 is 5.67. The molecule has 0 heterocycles. The third kappa shape index (κ3) is 1.82. The molecule has 2 aromatic rings. The van der Waals surface area contributed by atoms with Crippen molar-refractivity contribution in [2.75, 3.05) is 0 Å². The molecule has 3 nitrogen and oxygen atoms in total. The lowest BCUT2D eigenvalue weighted by atomic mass is 9.69. The van der Waals surface area contributed by atoms with Crippen LogP contribution in [0.2, 0.25) is 0 Å². The highest BCUT2D eigenvalue weighted by Crippen LogP contribution is 2.64. The third-order valence-corrected chi connectivity index (χ3v) is 6.18. The fraction of sp³-hybridized carbons (Fsp3) is 0.400. The van der Waals surface area contributed by atoms with Crippen LogP contribution >= 0.6 is 0 Å². The number of ether oxygens (including phenoxy) is 1. The highest BCUT2D eigenvalue weighted by atomic mass is 16.5. The van der Waals surface area contributed by atoms with E-state index in [1.165, 1.54) is 0 Å². The molecule has 4 rings (SSSR count). The van der Waals surface area contributed by atoms with E-state index >= 15 is 0 Å². The Hall–Kier alpha value is -2.16. The number of hydrogen-bond acceptors (Lipinski definition) is 3. The van der Waals surface area contributed by atoms with E-state index in [4.69, 9.17) is 4.74 Å². The van der Waals surface area contributed by atoms with Crippen LogP contribution in [0.1, 0.15) is 33.1 Å². The largest absolute Gasteiger partial charge is 0.426 e. The van der Waals surface area contributed by atoms with Gasteiger partial charge < -0.3 is 4.74 Å². The van der Waals surface area contributed by atoms with Gasteiger partial charge in [-0.05, 0) is 47.1 Å². The first kappa shape index (κ1) is 14.4. The van der Waals surface area contributed by atoms with Crippen molar-refractivity contribution in [1.82, 2.24) is 0 Å². The van der Waals surface area contributed by atoms with E-state index in [0.717, 1.165) is 17.2 Å². The SMILES string of the molecule is CC1(C)C2CCC1(C(=O)Oc1ccc3ccccc3c1)C(=O)C2. The molecule has 2 fully saturated rings. The first-order valence-corrected chi connectivity index (χ1v) is 8.19. The van der Waals surface area contributed by atoms with Gasteiger partial charge in [-0.15, -0.1) is 0 Å². The Kier molecular flexibility index (Phi) is 2.93. The van der Waals surface area contributed by atoms with Gasteiger partial charge in [-0.3, -0.25) is 9.59 Å². The number of fused-ring (bicyclic) bond motifs is 3. The molecule has 118 valence electrons. The summed E-state index contributed by atoms with van der Waals surface area (Å²) in [6.07, 6.45) is 2.07. The summed E-state index contributed by atoms with van der Waals surface area (Å²) in [6.45, 7) is 4.08. The first-order valence-electron chi connectivity index (χ1n) is 8.19. The van der Waals surface area contributed by atoms with Gasteiger partial charge in [0.2, 0.25) is 0 Å². The standard InChI is InChI=1S/C20H20O3/c1-19(2)15-9-10-20(19,17(21)12-15)18(22)23-16-8-7-13-5-3-4-6-14(13)11-16/h3-8,11,15H,9-10,12H2,1-2H3. The quantitative estimate of drug-likeness (QED) is 0.476. The number of carbonyl (C=O) groups is 2. The lowest BCUT2D eigenvalue weighted by Crippen LogP contribution is -2.45. The minimum atomic E-state index is -0.955. The number of Topliss-reactive ketones (excluding diaryl/α,β-unsaturated/α-hetero) is 1. The molecule has 0 radical (unpaired) electrons. The highest BCUT2D eigenvalue weighted by molar-refractivity contribution is 6.08. The summed E-state index contributed by atoms with van der Waals surface area (Å²) in [6, 6.07) is 13.5. The molecular formula is C20H20O3. The maximum atomic E-state index is 12.9. The Bertz CT molecular complexity index is 821. The molecular weight excluding hydrogens is 288 g/mol. The van der Waals surface area contributed by atoms with Gasteiger partial charge in [0.05, 0.1) is 0 Å². The molecule has 0 N–H and O–H groups in total. The molecule has 0 aromatic heterocycles. The number of rotatable bonds is 2. The fourth-order valence-corrected chi connectivity index (χ4v) is 4.58. The highest BCUT2D eigenvalue weighted by Gasteiger charge is 2.69. The molecule has 2 atom stereocenters. The second-order valence-electron chi connectivity index (χ2n) is 7.39. The second kappa shape index (κ2) is 4.67. The van der Waals surface area contributed by atoms with Crippen molar-refractivity contribution < 1.29 is 14.3 Å². The average molecular weight is 308 g/mol. The van der Waals surface area contributed by atoms with Crippen LogP contribution in [0.25, 0.3) is 10.8 Å². The van der Waals surface area contributed by atoms with E-state index in [1.807, 2.05) is 50.2 Å². The molecule has 23 heavy (non-hydrogen) atoms. The van der Waals surface area contributed by atoms with E-state index in [0.29, 0.717) is 24.5 Å². The van der Waals surface area contributed by atoms with Gasteiger partial charge in [-0.25, -0.2) is 0 Å². The minimum absolute atomic E-state index is 0.0598. The zero-order chi connectivity index (χ0) is 16.2. The number of benzene rings is 2. The smallest absolute Gasteiger partial charge is 0.325 e. The third-order valence-electron chi connectivity index (χ3n) is 6.18. The molecule has 2 unspecified atom stereocenters. The van der Waals surface area contributed by atoms with Crippen LogP contribution in [0.3, 0.4) is 0 Å². The summed E-state index contributed by atoms with van der Waals surface area (Å²) in [4.78, 5) is 25.4. The molecule has 2 aliphatic carbocycles. The number of ketones is 1. The monoisotopic (exact) mass is 308 g/mol. The van der Waals surface area contributed by atoms with Crippen LogP contribution in [-0.2, 0) is 9.59 Å². The van der Waals surface area contributed by atoms with Crippen LogP contribution < -0.4 is 4.74 Å². The Morgan fingerprint density at radius 3 is 2.52 bits per heavy atom. The van der Waals surface area contributed by atoms with Crippen molar-refractivity contribution >= 4 is 22.5 Å². The molecule has 2 bridgehead atoms. The predicted octanol–water partition coefficient (Wildman–Crippen LogP) is 4.14. The predicted molar refractivity (Wildman–Crippen MR) is 88.1 cm³/mol. The van der Waals surface area contributed by atoms with E-state index in [1.54, 1.807) is 6.07 Å². The van der Waals surface area contributed by atoms with Crippen LogP contribution in [0.4, 0.5) is 0 Å². The van der Waals surface area contributed by atoms with Crippen molar-refractivity contribution in [2.45, 2.75) is 33.1 Å². The van der Waals surface area contributed by atoms with E-state index in [2.05, 4.69) is 0 Å². The summed E-state index contributed by atoms with van der Waals surface area (Å²) in [5.41, 5.74) is -1.26. The summed E-state index contributed by atoms with van der Waals surface area (Å²) in [7, 11) is 0. The molecule has 0 saturated heterocycles. The van der Waals surface area contributed by atoms with Gasteiger partial charge in [0.15, 0.2) is 5.78 Å². The zero-order valence-corrected chi connectivity index (χ0v) is 13.5. The fourth-order valence-electron chi connectivity index (χ4n) is 4.58. The molecule has 2 saturated carbocycles. The van der Waals surface area contributed by atoms with Gasteiger partial charge in [0.25, 0.3) is 0 Å². The summed E-state index contributed by atoms with van der Waals surface area (Å²) in [5, 5.41) is 2.13. The van der Waals surface area contributed by atoms with Crippen molar-refractivity contribution in [2.24, 2.45) is 16.7 Å². The van der Waals surface area contributed by atoms with Gasteiger partial charge in [-0.1, -0.05) is 44.2 Å². The van der Waals surface area contributed by atoms with E-state index in [9.17, 15) is 9.59 Å². The van der Waals surface area contributed by atoms with Gasteiger partial charge in [0, 0.05) is 6.42 Å². The Balaban J connectivity index is 1.68. The van der Waals surface area contributed by atoms with E-state index < -0.39 is 5.41 Å². The summed E-state index contributed by atoms with van der Waals surface area (Å²) in [5.74, 6) is 0.508. The Labute approximate surface area is 135 Å². The van der Waals surface area contributed by atoms with Crippen LogP contribution in [0.5, 0.6) is 5.75 Å². The van der Waals surface area contributed by atoms with E-state index in [-0.39, 0.29) is 17.2 Å². The lowest BCUT2D eigenvalue weighted by molar-refractivity contribution is -0.156. The number of carbonyl (C=O) groups excluding carboxylic acids is 2. The topological polar surface area (TPSA) is 43.4 Å². The maximum Gasteiger partial charge on any atom is 0.325 e. The van der Waals surface area contributed by atoms with Crippen molar-refractivity contribution in [3.05, 3.63) is 42.5 Å². The normalized spacial score (nSPS) is 28.3. The second-order valence-corrected chi connectivity index (χ2v) is 7.39. The molecule has 2 aliphatic rings. The summed E-state index contributed by atoms with van der Waals surface area (Å²) >= 11 is 0. The van der Waals surface area contributed by atoms with Crippen molar-refractivity contribution in [3.63, 3.8) is 0 Å². The molecule has 2 aromatic carbocycles. The van der Waals surface area contributed by atoms with Crippen LogP contribution in [0.15, 0.2) is 42.5 Å². The lowest BCUT2D eigenvalue weighted by Gasteiger charge is -2.33. The number of esters is 1. The molecule has 3 heteroatoms. The van der Waals surface area contributed by atoms with Gasteiger partial charge in [-0.2, -0.15) is 0 Å². The maximum absolute atomic E-state index is 12.9. The Morgan fingerprint density at radius 2 is 1.87 bits per heavy atom. The van der Waals surface area contributed by atoms with Crippen molar-refractivity contribution in [1.29, 1.82) is 0 Å². The Morgan fingerprint density at radius 1 is 1.13 bits per heavy atom. The van der Waals surface area contributed by atoms with Crippen LogP contribution in [0, 0.1) is 16.7 Å². The zero-order valence-electron chi connectivity index (χ0n) is 13.5. The minimum Gasteiger partial charge on any atom is -0.426 e. The first-order chi connectivity index (χ1) is 10.9. The molecule has 0 amide bonds. The number of hydrogen-bond donors (Lipinski definition) is 0. The molecule has 0 spiro atoms.